The number of fused-ring (bicyclic) bond motifs is 7. The Morgan fingerprint density at radius 1 is 0.877 bits per heavy atom. The van der Waals surface area contributed by atoms with Gasteiger partial charge in [-0.25, -0.2) is 4.79 Å². The summed E-state index contributed by atoms with van der Waals surface area (Å²) < 4.78 is 22.9. The third-order valence-electron chi connectivity index (χ3n) is 16.5. The number of aldehydes is 1. The van der Waals surface area contributed by atoms with Gasteiger partial charge in [-0.2, -0.15) is 0 Å². The van der Waals surface area contributed by atoms with Gasteiger partial charge in [0.05, 0.1) is 29.6 Å². The van der Waals surface area contributed by atoms with E-state index in [1.54, 1.807) is 6.92 Å². The van der Waals surface area contributed by atoms with Crippen molar-refractivity contribution in [2.24, 2.45) is 44.8 Å². The maximum absolute atomic E-state index is 14.4. The van der Waals surface area contributed by atoms with Gasteiger partial charge in [-0.3, -0.25) is 4.79 Å². The molecule has 0 aromatic rings. The van der Waals surface area contributed by atoms with Gasteiger partial charge in [-0.15, -0.1) is 0 Å². The van der Waals surface area contributed by atoms with Gasteiger partial charge in [0, 0.05) is 5.92 Å². The van der Waals surface area contributed by atoms with Crippen LogP contribution in [0, 0.1) is 44.8 Å². The highest BCUT2D eigenvalue weighted by Gasteiger charge is 2.71. The van der Waals surface area contributed by atoms with E-state index >= 15 is 0 Å². The van der Waals surface area contributed by atoms with E-state index in [-0.39, 0.29) is 29.6 Å². The van der Waals surface area contributed by atoms with Gasteiger partial charge in [-0.1, -0.05) is 51.5 Å². The molecule has 20 unspecified atom stereocenters. The molecule has 9 N–H and O–H groups in total. The lowest BCUT2D eigenvalue weighted by atomic mass is 9.33. The predicted octanol–water partition coefficient (Wildman–Crippen LogP) is 0.0884. The molecule has 5 aliphatic carbocycles. The van der Waals surface area contributed by atoms with E-state index < -0.39 is 114 Å². The van der Waals surface area contributed by atoms with Crippen LogP contribution in [0.1, 0.15) is 85.5 Å². The first-order valence-electron chi connectivity index (χ1n) is 20.3. The summed E-state index contributed by atoms with van der Waals surface area (Å²) in [5.74, 6) is -2.83. The number of hydrogen-bond donors (Lipinski definition) is 9. The lowest BCUT2D eigenvalue weighted by molar-refractivity contribution is -0.332. The topological polar surface area (TPSA) is 270 Å². The zero-order chi connectivity index (χ0) is 41.8. The van der Waals surface area contributed by atoms with Crippen LogP contribution >= 0.6 is 0 Å². The average Bonchev–Trinajstić information content (AvgIpc) is 3.16. The maximum atomic E-state index is 14.4. The van der Waals surface area contributed by atoms with Gasteiger partial charge < -0.3 is 69.7 Å². The molecule has 0 radical (unpaired) electrons. The molecule has 20 atom stereocenters. The number of carboxylic acids is 1. The third kappa shape index (κ3) is 6.14. The van der Waals surface area contributed by atoms with Gasteiger partial charge in [0.1, 0.15) is 49.0 Å². The molecular weight excluding hydrogens is 748 g/mol. The van der Waals surface area contributed by atoms with E-state index in [1.807, 2.05) is 0 Å². The standard InChI is InChI=1S/C41H60O16/c1-18-8-11-41(36(53)57-34-29(49)26(46)25(45)22(16-42)54-34)13-12-39(4)19(20(41)14-18)6-7-24-37(2)15-21(44)32(38(3,17-43)23(37)9-10-40(24,39)5)56-35-30(50)27(47)28(48)31(55-35)33(51)52/h6,17,20-32,34-35,42,44-50H,1,7-16H2,2-5H3,(H,51,52). The van der Waals surface area contributed by atoms with Crippen LogP contribution in [0.4, 0.5) is 0 Å². The van der Waals surface area contributed by atoms with E-state index in [0.717, 1.165) is 17.4 Å². The van der Waals surface area contributed by atoms with Crippen molar-refractivity contribution in [2.45, 2.75) is 159 Å². The highest BCUT2D eigenvalue weighted by atomic mass is 16.7. The Morgan fingerprint density at radius 2 is 1.54 bits per heavy atom. The summed E-state index contributed by atoms with van der Waals surface area (Å²) >= 11 is 0. The van der Waals surface area contributed by atoms with Crippen LogP contribution in [0.5, 0.6) is 0 Å². The lowest BCUT2D eigenvalue weighted by Gasteiger charge is -2.71. The SMILES string of the molecule is C=C1CCC2(C(=O)OC3OC(CO)C(O)C(O)C3O)CCC3(C)C(=CCC4C5(C)CC(O)C(OC6OC(C(=O)O)C(O)C(O)C6O)C(C)(C=O)C5CCC43C)C2C1. The van der Waals surface area contributed by atoms with Crippen LogP contribution < -0.4 is 0 Å². The normalized spacial score (nSPS) is 53.6. The number of aliphatic carboxylic acids is 1. The number of ether oxygens (including phenoxy) is 4. The molecule has 57 heavy (non-hydrogen) atoms. The van der Waals surface area contributed by atoms with Crippen molar-refractivity contribution in [2.75, 3.05) is 6.61 Å². The number of carboxylic acid groups (broad SMARTS) is 1. The Bertz CT molecular complexity index is 1650. The van der Waals surface area contributed by atoms with E-state index in [4.69, 9.17) is 18.9 Å². The molecule has 2 aliphatic heterocycles. The van der Waals surface area contributed by atoms with Gasteiger partial charge in [0.15, 0.2) is 12.4 Å². The molecule has 16 nitrogen and oxygen atoms in total. The van der Waals surface area contributed by atoms with Gasteiger partial charge >= 0.3 is 11.9 Å². The molecule has 0 aromatic heterocycles. The summed E-state index contributed by atoms with van der Waals surface area (Å²) in [6, 6.07) is 0. The summed E-state index contributed by atoms with van der Waals surface area (Å²) in [4.78, 5) is 39.5. The summed E-state index contributed by atoms with van der Waals surface area (Å²) in [6.45, 7) is 12.0. The first kappa shape index (κ1) is 42.8. The predicted molar refractivity (Wildman–Crippen MR) is 195 cm³/mol. The van der Waals surface area contributed by atoms with Crippen molar-refractivity contribution in [1.29, 1.82) is 0 Å². The number of aliphatic hydroxyl groups excluding tert-OH is 8. The highest BCUT2D eigenvalue weighted by molar-refractivity contribution is 5.79. The van der Waals surface area contributed by atoms with Crippen LogP contribution in [0.3, 0.4) is 0 Å². The zero-order valence-corrected chi connectivity index (χ0v) is 33.0. The Hall–Kier alpha value is -2.35. The van der Waals surface area contributed by atoms with Gasteiger partial charge in [0.25, 0.3) is 0 Å². The molecule has 2 saturated heterocycles. The second-order valence-corrected chi connectivity index (χ2v) is 19.1. The van der Waals surface area contributed by atoms with Crippen LogP contribution in [0.15, 0.2) is 23.8 Å². The van der Waals surface area contributed by atoms with Gasteiger partial charge in [-0.05, 0) is 85.9 Å². The molecule has 320 valence electrons. The fraction of sp³-hybridized carbons (Fsp3) is 0.829. The molecule has 0 aromatic carbocycles. The maximum Gasteiger partial charge on any atom is 0.335 e. The molecular formula is C41H60O16. The third-order valence-corrected chi connectivity index (χ3v) is 16.5. The van der Waals surface area contributed by atoms with E-state index in [9.17, 15) is 60.3 Å². The molecule has 0 spiro atoms. The fourth-order valence-electron chi connectivity index (χ4n) is 13.1. The van der Waals surface area contributed by atoms with E-state index in [0.29, 0.717) is 51.4 Å². The van der Waals surface area contributed by atoms with Crippen LogP contribution in [-0.4, -0.2) is 144 Å². The Morgan fingerprint density at radius 3 is 2.19 bits per heavy atom. The van der Waals surface area contributed by atoms with Crippen molar-refractivity contribution >= 4 is 18.2 Å². The van der Waals surface area contributed by atoms with Crippen molar-refractivity contribution in [3.05, 3.63) is 23.8 Å². The summed E-state index contributed by atoms with van der Waals surface area (Å²) in [7, 11) is 0. The number of aliphatic hydroxyl groups is 8. The summed E-state index contributed by atoms with van der Waals surface area (Å²) in [6.07, 6.45) is -12.1. The number of carbonyl (C=O) groups is 3. The van der Waals surface area contributed by atoms with Crippen molar-refractivity contribution in [3.8, 4) is 0 Å². The molecule has 4 saturated carbocycles. The minimum Gasteiger partial charge on any atom is -0.479 e. The largest absolute Gasteiger partial charge is 0.479 e. The number of esters is 1. The number of rotatable bonds is 7. The van der Waals surface area contributed by atoms with Gasteiger partial charge in [0.2, 0.25) is 6.29 Å². The van der Waals surface area contributed by atoms with Crippen LogP contribution in [-0.2, 0) is 33.3 Å². The molecule has 0 amide bonds. The number of hydrogen-bond acceptors (Lipinski definition) is 15. The van der Waals surface area contributed by atoms with Crippen LogP contribution in [0.2, 0.25) is 0 Å². The second-order valence-electron chi connectivity index (χ2n) is 19.1. The summed E-state index contributed by atoms with van der Waals surface area (Å²) in [5, 5.41) is 94.0. The smallest absolute Gasteiger partial charge is 0.335 e. The fourth-order valence-corrected chi connectivity index (χ4v) is 13.1. The minimum absolute atomic E-state index is 0.0439. The molecule has 6 fully saturated rings. The Labute approximate surface area is 331 Å². The van der Waals surface area contributed by atoms with Crippen molar-refractivity contribution in [1.82, 2.24) is 0 Å². The zero-order valence-electron chi connectivity index (χ0n) is 33.0. The first-order chi connectivity index (χ1) is 26.6. The Balaban J connectivity index is 1.18. The highest BCUT2D eigenvalue weighted by Crippen LogP contribution is 2.75. The molecule has 2 heterocycles. The molecule has 0 bridgehead atoms. The minimum atomic E-state index is -1.93. The molecule has 7 rings (SSSR count). The lowest BCUT2D eigenvalue weighted by Crippen LogP contribution is -2.69. The number of allylic oxidation sites excluding steroid dienone is 3. The average molecular weight is 809 g/mol. The Kier molecular flexibility index (Phi) is 11.0. The first-order valence-corrected chi connectivity index (χ1v) is 20.3. The van der Waals surface area contributed by atoms with E-state index in [1.165, 1.54) is 0 Å². The molecule has 7 aliphatic rings. The number of carbonyl (C=O) groups excluding carboxylic acids is 2. The van der Waals surface area contributed by atoms with Crippen molar-refractivity contribution < 1.29 is 79.3 Å². The monoisotopic (exact) mass is 808 g/mol. The van der Waals surface area contributed by atoms with Crippen LogP contribution in [0.25, 0.3) is 0 Å². The second kappa shape index (κ2) is 14.7. The van der Waals surface area contributed by atoms with E-state index in [2.05, 4.69) is 33.4 Å². The summed E-state index contributed by atoms with van der Waals surface area (Å²) in [5.41, 5.74) is -1.64. The molecule has 16 heteroatoms. The van der Waals surface area contributed by atoms with Crippen molar-refractivity contribution in [3.63, 3.8) is 0 Å². The quantitative estimate of drug-likeness (QED) is 0.0714.